The zero-order valence-corrected chi connectivity index (χ0v) is 13.4. The molecule has 1 aromatic heterocycles. The number of piperidine rings is 1. The van der Waals surface area contributed by atoms with Gasteiger partial charge in [-0.05, 0) is 36.3 Å². The summed E-state index contributed by atoms with van der Waals surface area (Å²) in [6.07, 6.45) is 3.72. The summed E-state index contributed by atoms with van der Waals surface area (Å²) in [6.45, 7) is 5.28. The number of thiophene rings is 1. The third-order valence-corrected chi connectivity index (χ3v) is 6.26. The quantitative estimate of drug-likeness (QED) is 0.933. The summed E-state index contributed by atoms with van der Waals surface area (Å²) in [5.74, 6) is 0.150. The van der Waals surface area contributed by atoms with Gasteiger partial charge in [0.1, 0.15) is 0 Å². The molecule has 1 fully saturated rings. The van der Waals surface area contributed by atoms with Crippen LogP contribution in [0.15, 0.2) is 6.07 Å². The van der Waals surface area contributed by atoms with Crippen molar-refractivity contribution in [1.29, 1.82) is 0 Å². The number of aliphatic hydroxyl groups is 1. The molecule has 116 valence electrons. The molecule has 2 aliphatic heterocycles. The molecule has 21 heavy (non-hydrogen) atoms. The summed E-state index contributed by atoms with van der Waals surface area (Å²) in [5, 5.41) is 9.58. The van der Waals surface area contributed by atoms with Gasteiger partial charge in [-0.25, -0.2) is 0 Å². The van der Waals surface area contributed by atoms with Crippen molar-refractivity contribution in [2.24, 2.45) is 5.41 Å². The molecule has 2 aliphatic rings. The molecule has 0 aromatic carbocycles. The maximum atomic E-state index is 12.6. The van der Waals surface area contributed by atoms with E-state index in [2.05, 4.69) is 6.92 Å². The Balaban J connectivity index is 1.68. The molecule has 3 rings (SSSR count). The molecule has 0 spiro atoms. The first-order chi connectivity index (χ1) is 10.2. The first kappa shape index (κ1) is 15.0. The van der Waals surface area contributed by atoms with Crippen LogP contribution in [0.2, 0.25) is 0 Å². The smallest absolute Gasteiger partial charge is 0.263 e. The molecule has 0 bridgehead atoms. The van der Waals surface area contributed by atoms with Crippen molar-refractivity contribution in [3.8, 4) is 0 Å². The van der Waals surface area contributed by atoms with Gasteiger partial charge in [0.25, 0.3) is 5.91 Å². The summed E-state index contributed by atoms with van der Waals surface area (Å²) in [4.78, 5) is 16.7. The Morgan fingerprint density at radius 1 is 1.48 bits per heavy atom. The van der Waals surface area contributed by atoms with Crippen LogP contribution in [0.3, 0.4) is 0 Å². The van der Waals surface area contributed by atoms with E-state index in [1.54, 1.807) is 11.3 Å². The highest BCUT2D eigenvalue weighted by molar-refractivity contribution is 7.14. The van der Waals surface area contributed by atoms with Crippen LogP contribution in [0.25, 0.3) is 0 Å². The Hall–Kier alpha value is -0.910. The summed E-state index contributed by atoms with van der Waals surface area (Å²) >= 11 is 1.63. The van der Waals surface area contributed by atoms with Crippen molar-refractivity contribution in [2.45, 2.75) is 39.2 Å². The van der Waals surface area contributed by atoms with E-state index in [1.807, 2.05) is 11.0 Å². The molecular formula is C16H23NO3S. The Morgan fingerprint density at radius 3 is 2.86 bits per heavy atom. The van der Waals surface area contributed by atoms with Crippen LogP contribution in [0.5, 0.6) is 0 Å². The largest absolute Gasteiger partial charge is 0.396 e. The summed E-state index contributed by atoms with van der Waals surface area (Å²) in [6, 6.07) is 2.01. The number of ether oxygens (including phenoxy) is 1. The molecule has 4 nitrogen and oxygen atoms in total. The predicted molar refractivity (Wildman–Crippen MR) is 82.6 cm³/mol. The molecule has 0 atom stereocenters. The molecule has 5 heteroatoms. The van der Waals surface area contributed by atoms with Gasteiger partial charge in [0.2, 0.25) is 0 Å². The van der Waals surface area contributed by atoms with Crippen molar-refractivity contribution in [1.82, 2.24) is 4.90 Å². The van der Waals surface area contributed by atoms with Crippen LogP contribution in [0, 0.1) is 5.41 Å². The molecule has 0 unspecified atom stereocenters. The second-order valence-electron chi connectivity index (χ2n) is 6.17. The van der Waals surface area contributed by atoms with E-state index < -0.39 is 0 Å². The van der Waals surface area contributed by atoms with Crippen LogP contribution < -0.4 is 0 Å². The number of nitrogens with zero attached hydrogens (tertiary/aromatic N) is 1. The Kier molecular flexibility index (Phi) is 4.33. The van der Waals surface area contributed by atoms with Gasteiger partial charge in [-0.3, -0.25) is 4.79 Å². The SMILES string of the molecule is CCC1(CO)CCN(C(=O)c2cc3c(s2)CCOC3)CC1. The summed E-state index contributed by atoms with van der Waals surface area (Å²) < 4.78 is 5.44. The topological polar surface area (TPSA) is 49.8 Å². The van der Waals surface area contributed by atoms with Gasteiger partial charge in [0.15, 0.2) is 0 Å². The number of carbonyl (C=O) groups excluding carboxylic acids is 1. The van der Waals surface area contributed by atoms with Gasteiger partial charge < -0.3 is 14.7 Å². The van der Waals surface area contributed by atoms with E-state index in [0.29, 0.717) is 6.61 Å². The van der Waals surface area contributed by atoms with Gasteiger partial charge in [0, 0.05) is 31.0 Å². The average molecular weight is 309 g/mol. The molecular weight excluding hydrogens is 286 g/mol. The van der Waals surface area contributed by atoms with Crippen LogP contribution in [0.4, 0.5) is 0 Å². The van der Waals surface area contributed by atoms with Crippen LogP contribution in [-0.2, 0) is 17.8 Å². The molecule has 0 aliphatic carbocycles. The molecule has 1 aromatic rings. The third-order valence-electron chi connectivity index (χ3n) is 5.04. The fourth-order valence-electron chi connectivity index (χ4n) is 3.22. The third kappa shape index (κ3) is 2.87. The van der Waals surface area contributed by atoms with E-state index in [-0.39, 0.29) is 17.9 Å². The average Bonchev–Trinajstić information content (AvgIpc) is 2.98. The summed E-state index contributed by atoms with van der Waals surface area (Å²) in [7, 11) is 0. The van der Waals surface area contributed by atoms with Crippen molar-refractivity contribution in [2.75, 3.05) is 26.3 Å². The van der Waals surface area contributed by atoms with E-state index in [9.17, 15) is 9.90 Å². The first-order valence-corrected chi connectivity index (χ1v) is 8.58. The van der Waals surface area contributed by atoms with E-state index in [0.717, 1.165) is 50.3 Å². The van der Waals surface area contributed by atoms with Gasteiger partial charge >= 0.3 is 0 Å². The lowest BCUT2D eigenvalue weighted by Crippen LogP contribution is -2.44. The van der Waals surface area contributed by atoms with Crippen LogP contribution >= 0.6 is 11.3 Å². The van der Waals surface area contributed by atoms with Crippen molar-refractivity contribution in [3.63, 3.8) is 0 Å². The fourth-order valence-corrected chi connectivity index (χ4v) is 4.33. The molecule has 0 radical (unpaired) electrons. The minimum atomic E-state index is 0.0271. The molecule has 0 saturated carbocycles. The van der Waals surface area contributed by atoms with Crippen molar-refractivity contribution in [3.05, 3.63) is 21.4 Å². The number of rotatable bonds is 3. The van der Waals surface area contributed by atoms with Crippen molar-refractivity contribution >= 4 is 17.2 Å². The monoisotopic (exact) mass is 309 g/mol. The second kappa shape index (κ2) is 6.07. The first-order valence-electron chi connectivity index (χ1n) is 7.77. The van der Waals surface area contributed by atoms with Gasteiger partial charge in [-0.1, -0.05) is 6.92 Å². The Bertz CT molecular complexity index is 488. The minimum absolute atomic E-state index is 0.0271. The van der Waals surface area contributed by atoms with Crippen molar-refractivity contribution < 1.29 is 14.6 Å². The number of hydrogen-bond acceptors (Lipinski definition) is 4. The lowest BCUT2D eigenvalue weighted by molar-refractivity contribution is 0.0341. The molecule has 1 N–H and O–H groups in total. The highest BCUT2D eigenvalue weighted by Crippen LogP contribution is 2.35. The second-order valence-corrected chi connectivity index (χ2v) is 7.30. The normalized spacial score (nSPS) is 21.1. The standard InChI is InChI=1S/C16H23NO3S/c1-2-16(11-18)4-6-17(7-5-16)15(19)14-9-12-10-20-8-3-13(12)21-14/h9,18H,2-8,10-11H2,1H3. The highest BCUT2D eigenvalue weighted by atomic mass is 32.1. The number of hydrogen-bond donors (Lipinski definition) is 1. The van der Waals surface area contributed by atoms with Gasteiger partial charge in [-0.2, -0.15) is 0 Å². The van der Waals surface area contributed by atoms with Gasteiger partial charge in [0.05, 0.1) is 18.1 Å². The van der Waals surface area contributed by atoms with E-state index >= 15 is 0 Å². The number of likely N-dealkylation sites (tertiary alicyclic amines) is 1. The lowest BCUT2D eigenvalue weighted by atomic mass is 9.77. The van der Waals surface area contributed by atoms with Crippen LogP contribution in [-0.4, -0.2) is 42.2 Å². The Labute approximate surface area is 129 Å². The molecule has 1 saturated heterocycles. The number of fused-ring (bicyclic) bond motifs is 1. The number of aliphatic hydroxyl groups excluding tert-OH is 1. The zero-order valence-electron chi connectivity index (χ0n) is 12.6. The number of carbonyl (C=O) groups is 1. The zero-order chi connectivity index (χ0) is 14.9. The van der Waals surface area contributed by atoms with Gasteiger partial charge in [-0.15, -0.1) is 11.3 Å². The lowest BCUT2D eigenvalue weighted by Gasteiger charge is -2.40. The maximum Gasteiger partial charge on any atom is 0.263 e. The minimum Gasteiger partial charge on any atom is -0.396 e. The fraction of sp³-hybridized carbons (Fsp3) is 0.688. The highest BCUT2D eigenvalue weighted by Gasteiger charge is 2.34. The van der Waals surface area contributed by atoms with Crippen LogP contribution in [0.1, 0.15) is 46.3 Å². The predicted octanol–water partition coefficient (Wildman–Crippen LogP) is 2.45. The maximum absolute atomic E-state index is 12.6. The number of amides is 1. The molecule has 1 amide bonds. The molecule has 3 heterocycles. The van der Waals surface area contributed by atoms with E-state index in [1.165, 1.54) is 10.4 Å². The Morgan fingerprint density at radius 2 is 2.24 bits per heavy atom. The summed E-state index contributed by atoms with van der Waals surface area (Å²) in [5.41, 5.74) is 1.21. The van der Waals surface area contributed by atoms with E-state index in [4.69, 9.17) is 4.74 Å².